The molecule has 25 heavy (non-hydrogen) atoms. The molecule has 2 fully saturated rings. The number of piperidine rings is 1. The molecule has 1 amide bonds. The third-order valence-electron chi connectivity index (χ3n) is 5.43. The first-order chi connectivity index (χ1) is 12.2. The number of benzene rings is 2. The Morgan fingerprint density at radius 2 is 1.80 bits per heavy atom. The van der Waals surface area contributed by atoms with E-state index in [2.05, 4.69) is 4.90 Å². The SMILES string of the molecule is O=C(c1cccc(-c2ccc(O)cc2)c1)N1CCN2CCCCC2C1. The number of amides is 1. The lowest BCUT2D eigenvalue weighted by Crippen LogP contribution is -2.56. The van der Waals surface area contributed by atoms with Gasteiger partial charge in [-0.15, -0.1) is 0 Å². The Labute approximate surface area is 148 Å². The fraction of sp³-hybridized carbons (Fsp3) is 0.381. The Bertz CT molecular complexity index is 757. The zero-order valence-corrected chi connectivity index (χ0v) is 14.4. The molecule has 1 atom stereocenters. The van der Waals surface area contributed by atoms with Gasteiger partial charge in [0.1, 0.15) is 5.75 Å². The molecular formula is C21H24N2O2. The molecule has 4 heteroatoms. The largest absolute Gasteiger partial charge is 0.508 e. The molecule has 4 nitrogen and oxygen atoms in total. The van der Waals surface area contributed by atoms with Crippen LogP contribution < -0.4 is 0 Å². The van der Waals surface area contributed by atoms with Crippen LogP contribution in [0.5, 0.6) is 5.75 Å². The molecular weight excluding hydrogens is 312 g/mol. The Hall–Kier alpha value is -2.33. The minimum absolute atomic E-state index is 0.130. The first-order valence-electron chi connectivity index (χ1n) is 9.13. The zero-order valence-electron chi connectivity index (χ0n) is 14.4. The highest BCUT2D eigenvalue weighted by Crippen LogP contribution is 2.25. The second kappa shape index (κ2) is 6.89. The first-order valence-corrected chi connectivity index (χ1v) is 9.13. The second-order valence-electron chi connectivity index (χ2n) is 7.06. The van der Waals surface area contributed by atoms with Crippen LogP contribution in [0, 0.1) is 0 Å². The molecule has 0 aromatic heterocycles. The third kappa shape index (κ3) is 3.40. The Morgan fingerprint density at radius 3 is 2.64 bits per heavy atom. The van der Waals surface area contributed by atoms with Crippen molar-refractivity contribution >= 4 is 5.91 Å². The predicted molar refractivity (Wildman–Crippen MR) is 98.7 cm³/mol. The van der Waals surface area contributed by atoms with Crippen LogP contribution in [0.4, 0.5) is 0 Å². The number of carbonyl (C=O) groups is 1. The normalized spacial score (nSPS) is 21.0. The second-order valence-corrected chi connectivity index (χ2v) is 7.06. The van der Waals surface area contributed by atoms with E-state index in [9.17, 15) is 9.90 Å². The van der Waals surface area contributed by atoms with E-state index < -0.39 is 0 Å². The molecule has 1 unspecified atom stereocenters. The van der Waals surface area contributed by atoms with Gasteiger partial charge in [0.25, 0.3) is 5.91 Å². The van der Waals surface area contributed by atoms with E-state index in [1.165, 1.54) is 25.8 Å². The van der Waals surface area contributed by atoms with Crippen LogP contribution in [-0.2, 0) is 0 Å². The van der Waals surface area contributed by atoms with E-state index in [0.717, 1.165) is 36.3 Å². The quantitative estimate of drug-likeness (QED) is 0.914. The summed E-state index contributed by atoms with van der Waals surface area (Å²) < 4.78 is 0. The molecule has 4 rings (SSSR count). The summed E-state index contributed by atoms with van der Waals surface area (Å²) in [6.07, 6.45) is 3.77. The van der Waals surface area contributed by atoms with Crippen LogP contribution in [0.25, 0.3) is 11.1 Å². The molecule has 2 aliphatic rings. The number of carbonyl (C=O) groups excluding carboxylic acids is 1. The van der Waals surface area contributed by atoms with Crippen LogP contribution in [0.1, 0.15) is 29.6 Å². The maximum absolute atomic E-state index is 13.0. The topological polar surface area (TPSA) is 43.8 Å². The Morgan fingerprint density at radius 1 is 0.960 bits per heavy atom. The van der Waals surface area contributed by atoms with Crippen LogP contribution in [0.3, 0.4) is 0 Å². The summed E-state index contributed by atoms with van der Waals surface area (Å²) in [4.78, 5) is 17.5. The summed E-state index contributed by atoms with van der Waals surface area (Å²) in [6.45, 7) is 3.85. The van der Waals surface area contributed by atoms with Gasteiger partial charge in [-0.25, -0.2) is 0 Å². The van der Waals surface area contributed by atoms with Gasteiger partial charge < -0.3 is 10.0 Å². The highest BCUT2D eigenvalue weighted by molar-refractivity contribution is 5.95. The fourth-order valence-corrected chi connectivity index (χ4v) is 4.01. The molecule has 0 radical (unpaired) electrons. The van der Waals surface area contributed by atoms with Gasteiger partial charge >= 0.3 is 0 Å². The van der Waals surface area contributed by atoms with Crippen molar-refractivity contribution in [1.82, 2.24) is 9.80 Å². The maximum atomic E-state index is 13.0. The monoisotopic (exact) mass is 336 g/mol. The van der Waals surface area contributed by atoms with Crippen molar-refractivity contribution in [1.29, 1.82) is 0 Å². The smallest absolute Gasteiger partial charge is 0.253 e. The van der Waals surface area contributed by atoms with Gasteiger partial charge in [0.2, 0.25) is 0 Å². The summed E-state index contributed by atoms with van der Waals surface area (Å²) >= 11 is 0. The minimum Gasteiger partial charge on any atom is -0.508 e. The van der Waals surface area contributed by atoms with E-state index in [1.54, 1.807) is 12.1 Å². The molecule has 130 valence electrons. The van der Waals surface area contributed by atoms with E-state index in [4.69, 9.17) is 0 Å². The molecule has 2 aromatic carbocycles. The van der Waals surface area contributed by atoms with E-state index in [0.29, 0.717) is 6.04 Å². The summed E-state index contributed by atoms with van der Waals surface area (Å²) in [6, 6.07) is 15.4. The first kappa shape index (κ1) is 16.2. The number of piperazine rings is 1. The van der Waals surface area contributed by atoms with Crippen molar-refractivity contribution in [2.45, 2.75) is 25.3 Å². The Balaban J connectivity index is 1.52. The molecule has 2 saturated heterocycles. The van der Waals surface area contributed by atoms with Crippen molar-refractivity contribution < 1.29 is 9.90 Å². The predicted octanol–water partition coefficient (Wildman–Crippen LogP) is 3.37. The number of phenolic OH excluding ortho intramolecular Hbond substituents is 1. The number of phenols is 1. The number of fused-ring (bicyclic) bond motifs is 1. The molecule has 2 heterocycles. The number of hydrogen-bond donors (Lipinski definition) is 1. The van der Waals surface area contributed by atoms with E-state index in [1.807, 2.05) is 41.3 Å². The van der Waals surface area contributed by atoms with Crippen molar-refractivity contribution in [3.63, 3.8) is 0 Å². The van der Waals surface area contributed by atoms with Gasteiger partial charge in [-0.2, -0.15) is 0 Å². The number of aromatic hydroxyl groups is 1. The molecule has 0 saturated carbocycles. The van der Waals surface area contributed by atoms with Crippen molar-refractivity contribution in [2.24, 2.45) is 0 Å². The Kier molecular flexibility index (Phi) is 4.45. The van der Waals surface area contributed by atoms with Crippen molar-refractivity contribution in [3.05, 3.63) is 54.1 Å². The van der Waals surface area contributed by atoms with Gasteiger partial charge in [0.05, 0.1) is 0 Å². The van der Waals surface area contributed by atoms with Gasteiger partial charge in [-0.05, 0) is 54.8 Å². The van der Waals surface area contributed by atoms with Crippen LogP contribution in [0.15, 0.2) is 48.5 Å². The lowest BCUT2D eigenvalue weighted by atomic mass is 9.98. The van der Waals surface area contributed by atoms with Crippen LogP contribution in [0.2, 0.25) is 0 Å². The van der Waals surface area contributed by atoms with E-state index >= 15 is 0 Å². The average Bonchev–Trinajstić information content (AvgIpc) is 2.68. The molecule has 0 aliphatic carbocycles. The average molecular weight is 336 g/mol. The number of rotatable bonds is 2. The van der Waals surface area contributed by atoms with Crippen molar-refractivity contribution in [3.8, 4) is 16.9 Å². The maximum Gasteiger partial charge on any atom is 0.253 e. The molecule has 1 N–H and O–H groups in total. The van der Waals surface area contributed by atoms with Crippen LogP contribution in [-0.4, -0.2) is 53.0 Å². The lowest BCUT2D eigenvalue weighted by Gasteiger charge is -2.44. The van der Waals surface area contributed by atoms with Crippen molar-refractivity contribution in [2.75, 3.05) is 26.2 Å². The molecule has 0 spiro atoms. The third-order valence-corrected chi connectivity index (χ3v) is 5.43. The number of hydrogen-bond acceptors (Lipinski definition) is 3. The summed E-state index contributed by atoms with van der Waals surface area (Å²) in [7, 11) is 0. The van der Waals surface area contributed by atoms with Crippen LogP contribution >= 0.6 is 0 Å². The molecule has 2 aliphatic heterocycles. The lowest BCUT2D eigenvalue weighted by molar-refractivity contribution is 0.0372. The summed E-state index contributed by atoms with van der Waals surface area (Å²) in [5, 5.41) is 9.45. The zero-order chi connectivity index (χ0) is 17.2. The highest BCUT2D eigenvalue weighted by Gasteiger charge is 2.31. The van der Waals surface area contributed by atoms with Gasteiger partial charge in [-0.3, -0.25) is 9.69 Å². The fourth-order valence-electron chi connectivity index (χ4n) is 4.01. The van der Waals surface area contributed by atoms with Gasteiger partial charge in [-0.1, -0.05) is 30.7 Å². The molecule has 0 bridgehead atoms. The number of nitrogens with zero attached hydrogens (tertiary/aromatic N) is 2. The standard InChI is InChI=1S/C21H24N2O2/c24-20-9-7-16(8-10-20)17-4-3-5-18(14-17)21(25)23-13-12-22-11-2-1-6-19(22)15-23/h3-5,7-10,14,19,24H,1-2,6,11-13,15H2. The van der Waals surface area contributed by atoms with E-state index in [-0.39, 0.29) is 11.7 Å². The molecule has 2 aromatic rings. The highest BCUT2D eigenvalue weighted by atomic mass is 16.3. The van der Waals surface area contributed by atoms with Gasteiger partial charge in [0, 0.05) is 31.2 Å². The van der Waals surface area contributed by atoms with Gasteiger partial charge in [0.15, 0.2) is 0 Å². The summed E-state index contributed by atoms with van der Waals surface area (Å²) in [5.74, 6) is 0.382. The minimum atomic E-state index is 0.130. The summed E-state index contributed by atoms with van der Waals surface area (Å²) in [5.41, 5.74) is 2.75.